The monoisotopic (exact) mass is 890 g/mol. The van der Waals surface area contributed by atoms with Crippen molar-refractivity contribution in [2.24, 2.45) is 23.7 Å². The molecule has 0 saturated heterocycles. The van der Waals surface area contributed by atoms with Gasteiger partial charge in [0.05, 0.1) is 25.7 Å². The standard InChI is InChI=1S/C55H60N3O8/c1-33-6-3-7-35(24-33)32-66-51-29-38(28-49(63)54(51)64)36-12-15-44-43-16-14-42(59)26-37(43)13-17-45(44)58-52-31-40(20-23-57-52)55(21-4-8-39(55)30-41-9-5-22-56-41)53(48(62)27-36)47(61)19-11-34-10-18-46(60)50(25-34)65-2/h3,5,7,9-10,13-14,16-18,20,22-23,25-26,28-29,31,33,35-36,39,47,53,59-61,63-64H,4,6,8,11-12,15,19,21,24,27,30,32H2,1-2H3,(H,57,58)/q-1. The van der Waals surface area contributed by atoms with Crippen LogP contribution in [-0.2, 0) is 29.5 Å². The number of phenols is 4. The predicted molar refractivity (Wildman–Crippen MR) is 255 cm³/mol. The van der Waals surface area contributed by atoms with Crippen LogP contribution in [0, 0.1) is 23.7 Å². The van der Waals surface area contributed by atoms with Crippen LogP contribution in [0.1, 0.15) is 92.2 Å². The summed E-state index contributed by atoms with van der Waals surface area (Å²) < 4.78 is 11.7. The van der Waals surface area contributed by atoms with Gasteiger partial charge in [-0.25, -0.2) is 4.98 Å². The van der Waals surface area contributed by atoms with E-state index in [1.54, 1.807) is 48.8 Å². The Kier molecular flexibility index (Phi) is 13.0. The van der Waals surface area contributed by atoms with Crippen LogP contribution < -0.4 is 19.8 Å². The van der Waals surface area contributed by atoms with Crippen molar-refractivity contribution in [3.05, 3.63) is 137 Å². The molecule has 6 N–H and O–H groups in total. The number of aromatic hydroxyl groups is 4. The number of hydrogen-bond donors (Lipinski definition) is 6. The Morgan fingerprint density at radius 2 is 1.83 bits per heavy atom. The number of aliphatic hydroxyl groups excluding tert-OH is 1. The van der Waals surface area contributed by atoms with Gasteiger partial charge in [-0.05, 0) is 163 Å². The SMILES string of the molecule is COc1cc(CCC(O)C2C(=O)CC(c3cc(O)c(O)c(OCC4C=CCC(C)C4)c3)CCc3c(ccc4cc(O)ccc34)Nc3cc(ccn3)C23CCCC3Cc2ccc[n-]2)ccc1O. The maximum Gasteiger partial charge on any atom is 0.200 e. The van der Waals surface area contributed by atoms with E-state index in [0.717, 1.165) is 64.5 Å². The molecule has 1 saturated carbocycles. The number of ketones is 1. The molecule has 11 heteroatoms. The maximum absolute atomic E-state index is 16.0. The zero-order chi connectivity index (χ0) is 46.0. The average molecular weight is 891 g/mol. The van der Waals surface area contributed by atoms with E-state index in [1.807, 2.05) is 42.5 Å². The molecule has 2 bridgehead atoms. The van der Waals surface area contributed by atoms with Crippen LogP contribution in [0.2, 0.25) is 0 Å². The molecule has 2 aliphatic carbocycles. The highest BCUT2D eigenvalue weighted by atomic mass is 16.5. The molecule has 1 fully saturated rings. The van der Waals surface area contributed by atoms with E-state index in [9.17, 15) is 25.5 Å². The summed E-state index contributed by atoms with van der Waals surface area (Å²) in [5.74, 6) is -0.200. The third kappa shape index (κ3) is 9.18. The first-order valence-electron chi connectivity index (χ1n) is 23.5. The summed E-state index contributed by atoms with van der Waals surface area (Å²) in [6.45, 7) is 2.54. The number of phenolic OH excluding ortho intramolecular Hbond substituents is 4. The fourth-order valence-corrected chi connectivity index (χ4v) is 11.5. The van der Waals surface area contributed by atoms with Crippen LogP contribution in [0.25, 0.3) is 10.8 Å². The number of pyridine rings is 1. The van der Waals surface area contributed by atoms with E-state index in [4.69, 9.17) is 19.4 Å². The van der Waals surface area contributed by atoms with E-state index in [2.05, 4.69) is 30.5 Å². The quantitative estimate of drug-likeness (QED) is 0.0539. The van der Waals surface area contributed by atoms with Crippen LogP contribution in [0.4, 0.5) is 11.5 Å². The maximum atomic E-state index is 16.0. The van der Waals surface area contributed by atoms with Gasteiger partial charge in [0.1, 0.15) is 17.4 Å². The van der Waals surface area contributed by atoms with E-state index >= 15 is 4.79 Å². The van der Waals surface area contributed by atoms with Gasteiger partial charge in [-0.3, -0.25) is 4.79 Å². The van der Waals surface area contributed by atoms with Crippen LogP contribution in [-0.4, -0.2) is 56.1 Å². The highest BCUT2D eigenvalue weighted by molar-refractivity contribution is 5.92. The number of aromatic nitrogens is 2. The summed E-state index contributed by atoms with van der Waals surface area (Å²) in [6.07, 6.45) is 13.4. The van der Waals surface area contributed by atoms with Crippen molar-refractivity contribution >= 4 is 28.1 Å². The zero-order valence-electron chi connectivity index (χ0n) is 37.7. The highest BCUT2D eigenvalue weighted by Gasteiger charge is 2.54. The Hall–Kier alpha value is -6.46. The summed E-state index contributed by atoms with van der Waals surface area (Å²) in [7, 11) is 1.50. The molecule has 7 atom stereocenters. The van der Waals surface area contributed by atoms with Crippen molar-refractivity contribution < 1.29 is 39.8 Å². The van der Waals surface area contributed by atoms with Crippen molar-refractivity contribution in [3.63, 3.8) is 0 Å². The van der Waals surface area contributed by atoms with E-state index < -0.39 is 23.4 Å². The number of ether oxygens (including phenoxy) is 2. The number of carbonyl (C=O) groups excluding carboxylic acids is 1. The van der Waals surface area contributed by atoms with Crippen LogP contribution in [0.3, 0.4) is 0 Å². The van der Waals surface area contributed by atoms with Gasteiger partial charge < -0.3 is 45.3 Å². The van der Waals surface area contributed by atoms with E-state index in [1.165, 1.54) is 7.11 Å². The van der Waals surface area contributed by atoms with E-state index in [0.29, 0.717) is 61.8 Å². The first kappa shape index (κ1) is 44.7. The van der Waals surface area contributed by atoms with Gasteiger partial charge in [0.15, 0.2) is 23.0 Å². The number of fused-ring (bicyclic) bond motifs is 6. The smallest absolute Gasteiger partial charge is 0.200 e. The van der Waals surface area contributed by atoms with Crippen LogP contribution in [0.15, 0.2) is 109 Å². The lowest BCUT2D eigenvalue weighted by Crippen LogP contribution is -2.50. The number of Topliss-reactive ketones (excluding diaryl/α,β-unsaturated/α-hetero) is 1. The van der Waals surface area contributed by atoms with Crippen molar-refractivity contribution in [2.75, 3.05) is 19.0 Å². The molecule has 1 aliphatic heterocycles. The average Bonchev–Trinajstić information content (AvgIpc) is 3.99. The molecule has 1 spiro atoms. The molecule has 3 aliphatic rings. The van der Waals surface area contributed by atoms with Crippen molar-refractivity contribution in [1.82, 2.24) is 9.97 Å². The fraction of sp³-hybridized carbons (Fsp3) is 0.382. The van der Waals surface area contributed by atoms with Gasteiger partial charge in [0.25, 0.3) is 0 Å². The number of carbonyl (C=O) groups is 1. The third-order valence-electron chi connectivity index (χ3n) is 14.7. The number of rotatable bonds is 11. The molecule has 9 rings (SSSR count). The summed E-state index contributed by atoms with van der Waals surface area (Å²) in [4.78, 5) is 25.5. The van der Waals surface area contributed by atoms with Crippen molar-refractivity contribution in [2.45, 2.75) is 95.0 Å². The second-order valence-corrected chi connectivity index (χ2v) is 19.0. The second kappa shape index (κ2) is 19.2. The molecule has 2 aromatic heterocycles. The summed E-state index contributed by atoms with van der Waals surface area (Å²) in [6, 6.07) is 25.8. The molecule has 0 radical (unpaired) electrons. The Balaban J connectivity index is 1.18. The van der Waals surface area contributed by atoms with E-state index in [-0.39, 0.29) is 59.2 Å². The largest absolute Gasteiger partial charge is 0.668 e. The van der Waals surface area contributed by atoms with Gasteiger partial charge in [-0.1, -0.05) is 55.8 Å². The number of nitrogens with zero attached hydrogens (tertiary/aromatic N) is 2. The fourth-order valence-electron chi connectivity index (χ4n) is 11.5. The number of allylic oxidation sites excluding steroid dienone is 1. The van der Waals surface area contributed by atoms with Crippen molar-refractivity contribution in [1.29, 1.82) is 0 Å². The topological polar surface area (TPSA) is 176 Å². The number of methoxy groups -OCH3 is 1. The Morgan fingerprint density at radius 3 is 2.65 bits per heavy atom. The molecule has 4 aromatic carbocycles. The molecule has 3 heterocycles. The molecule has 11 nitrogen and oxygen atoms in total. The third-order valence-corrected chi connectivity index (χ3v) is 14.7. The van der Waals surface area contributed by atoms with Crippen LogP contribution in [0.5, 0.6) is 34.5 Å². The van der Waals surface area contributed by atoms with Gasteiger partial charge in [-0.2, -0.15) is 11.9 Å². The summed E-state index contributed by atoms with van der Waals surface area (Å²) in [5.41, 5.74) is 4.36. The zero-order valence-corrected chi connectivity index (χ0v) is 37.7. The first-order valence-corrected chi connectivity index (χ1v) is 23.5. The number of aryl methyl sites for hydroxylation is 2. The van der Waals surface area contributed by atoms with Gasteiger partial charge in [0, 0.05) is 29.6 Å². The number of aliphatic hydroxyl groups is 1. The molecule has 66 heavy (non-hydrogen) atoms. The van der Waals surface area contributed by atoms with Gasteiger partial charge in [-0.15, -0.1) is 0 Å². The molecule has 6 aromatic rings. The molecule has 0 amide bonds. The second-order valence-electron chi connectivity index (χ2n) is 19.0. The van der Waals surface area contributed by atoms with Gasteiger partial charge >= 0.3 is 0 Å². The highest BCUT2D eigenvalue weighted by Crippen LogP contribution is 2.55. The lowest BCUT2D eigenvalue weighted by atomic mass is 9.58. The summed E-state index contributed by atoms with van der Waals surface area (Å²) in [5, 5.41) is 61.8. The first-order chi connectivity index (χ1) is 32.0. The number of anilines is 2. The minimum absolute atomic E-state index is 0.0248. The Bertz CT molecular complexity index is 2720. The normalized spacial score (nSPS) is 23.6. The summed E-state index contributed by atoms with van der Waals surface area (Å²) >= 11 is 0. The Morgan fingerprint density at radius 1 is 0.955 bits per heavy atom. The van der Waals surface area contributed by atoms with Gasteiger partial charge in [0.2, 0.25) is 5.75 Å². The molecule has 7 unspecified atom stereocenters. The minimum Gasteiger partial charge on any atom is -0.668 e. The Labute approximate surface area is 386 Å². The molecular weight excluding hydrogens is 831 g/mol. The number of hydrogen-bond acceptors (Lipinski definition) is 10. The lowest BCUT2D eigenvalue weighted by molar-refractivity contribution is -0.132. The molecular formula is C55H60N3O8-. The lowest BCUT2D eigenvalue weighted by Gasteiger charge is -2.45. The van der Waals surface area contributed by atoms with Crippen molar-refractivity contribution in [3.8, 4) is 34.5 Å². The minimum atomic E-state index is -1.08. The van der Waals surface area contributed by atoms with Crippen LogP contribution >= 0.6 is 0 Å². The number of benzene rings is 4. The predicted octanol–water partition coefficient (Wildman–Crippen LogP) is 10.3. The molecule has 344 valence electrons. The number of nitrogens with one attached hydrogen (secondary N) is 1.